The normalized spacial score (nSPS) is 16.7. The van der Waals surface area contributed by atoms with Crippen LogP contribution in [0, 0.1) is 6.92 Å². The molecule has 2 heteroatoms. The number of hydrogen-bond donors (Lipinski definition) is 0. The van der Waals surface area contributed by atoms with Gasteiger partial charge < -0.3 is 4.74 Å². The molecule has 106 valence electrons. The highest BCUT2D eigenvalue weighted by molar-refractivity contribution is 5.94. The first-order valence-corrected chi connectivity index (χ1v) is 7.12. The van der Waals surface area contributed by atoms with Crippen LogP contribution in [0.1, 0.15) is 46.8 Å². The van der Waals surface area contributed by atoms with Gasteiger partial charge in [-0.25, -0.2) is 0 Å². The van der Waals surface area contributed by atoms with Crippen LogP contribution in [0.5, 0.6) is 5.75 Å². The number of benzene rings is 2. The van der Waals surface area contributed by atoms with E-state index in [0.717, 1.165) is 17.1 Å². The molecular formula is C19H18O2. The maximum atomic E-state index is 11.4. The van der Waals surface area contributed by atoms with Gasteiger partial charge in [0.1, 0.15) is 5.75 Å². The van der Waals surface area contributed by atoms with Gasteiger partial charge >= 0.3 is 0 Å². The lowest BCUT2D eigenvalue weighted by atomic mass is 9.87. The van der Waals surface area contributed by atoms with E-state index >= 15 is 0 Å². The van der Waals surface area contributed by atoms with Gasteiger partial charge in [-0.05, 0) is 38.5 Å². The van der Waals surface area contributed by atoms with Crippen molar-refractivity contribution >= 4 is 5.78 Å². The number of ketones is 1. The first-order valence-electron chi connectivity index (χ1n) is 7.12. The number of carbonyl (C=O) groups excluding carboxylic acids is 1. The van der Waals surface area contributed by atoms with Gasteiger partial charge in [0.25, 0.3) is 0 Å². The second-order valence-electron chi connectivity index (χ2n) is 5.58. The summed E-state index contributed by atoms with van der Waals surface area (Å²) < 4.78 is 5.81. The van der Waals surface area contributed by atoms with Crippen molar-refractivity contribution in [2.75, 3.05) is 0 Å². The highest BCUT2D eigenvalue weighted by atomic mass is 16.5. The summed E-state index contributed by atoms with van der Waals surface area (Å²) in [6.07, 6.45) is 2.13. The maximum absolute atomic E-state index is 11.4. The monoisotopic (exact) mass is 278 g/mol. The molecule has 1 atom stereocenters. The van der Waals surface area contributed by atoms with Gasteiger partial charge in [0.15, 0.2) is 5.78 Å². The van der Waals surface area contributed by atoms with Crippen LogP contribution in [0.15, 0.2) is 54.3 Å². The van der Waals surface area contributed by atoms with E-state index in [2.05, 4.69) is 25.1 Å². The molecule has 0 aliphatic carbocycles. The zero-order valence-corrected chi connectivity index (χ0v) is 12.5. The Morgan fingerprint density at radius 3 is 2.43 bits per heavy atom. The summed E-state index contributed by atoms with van der Waals surface area (Å²) in [7, 11) is 0. The number of carbonyl (C=O) groups is 1. The Morgan fingerprint density at radius 1 is 1.05 bits per heavy atom. The molecule has 2 aromatic carbocycles. The van der Waals surface area contributed by atoms with Crippen LogP contribution in [0.2, 0.25) is 0 Å². The molecule has 3 rings (SSSR count). The highest BCUT2D eigenvalue weighted by Crippen LogP contribution is 2.38. The zero-order valence-electron chi connectivity index (χ0n) is 12.5. The van der Waals surface area contributed by atoms with Crippen LogP contribution in [-0.2, 0) is 0 Å². The van der Waals surface area contributed by atoms with E-state index < -0.39 is 0 Å². The molecule has 2 nitrogen and oxygen atoms in total. The van der Waals surface area contributed by atoms with Crippen LogP contribution in [0.3, 0.4) is 0 Å². The number of ether oxygens (including phenoxy) is 1. The Bertz CT molecular complexity index is 724. The summed E-state index contributed by atoms with van der Waals surface area (Å²) in [5.74, 6) is 2.10. The molecule has 0 N–H and O–H groups in total. The van der Waals surface area contributed by atoms with Crippen LogP contribution < -0.4 is 4.74 Å². The smallest absolute Gasteiger partial charge is 0.159 e. The van der Waals surface area contributed by atoms with Crippen LogP contribution >= 0.6 is 0 Å². The molecule has 1 aliphatic heterocycles. The molecule has 0 aromatic heterocycles. The van der Waals surface area contributed by atoms with E-state index in [0.29, 0.717) is 0 Å². The molecule has 1 heterocycles. The Labute approximate surface area is 125 Å². The number of fused-ring (bicyclic) bond motifs is 1. The van der Waals surface area contributed by atoms with Gasteiger partial charge in [-0.3, -0.25) is 4.79 Å². The number of hydrogen-bond acceptors (Lipinski definition) is 2. The van der Waals surface area contributed by atoms with E-state index in [-0.39, 0.29) is 11.7 Å². The number of aryl methyl sites for hydroxylation is 1. The molecule has 21 heavy (non-hydrogen) atoms. The molecule has 0 fully saturated rings. The van der Waals surface area contributed by atoms with Crippen molar-refractivity contribution in [3.63, 3.8) is 0 Å². The van der Waals surface area contributed by atoms with Crippen molar-refractivity contribution in [1.29, 1.82) is 0 Å². The second kappa shape index (κ2) is 5.21. The average molecular weight is 278 g/mol. The second-order valence-corrected chi connectivity index (χ2v) is 5.58. The lowest BCUT2D eigenvalue weighted by Crippen LogP contribution is -2.09. The van der Waals surface area contributed by atoms with E-state index in [1.165, 1.54) is 16.7 Å². The molecule has 1 aliphatic rings. The molecule has 1 unspecified atom stereocenters. The number of allylic oxidation sites excluding steroid dienone is 2. The molecule has 0 spiro atoms. The van der Waals surface area contributed by atoms with Crippen molar-refractivity contribution < 1.29 is 9.53 Å². The Morgan fingerprint density at radius 2 is 1.76 bits per heavy atom. The summed E-state index contributed by atoms with van der Waals surface area (Å²) in [5, 5.41) is 0. The van der Waals surface area contributed by atoms with E-state index in [9.17, 15) is 4.79 Å². The average Bonchev–Trinajstić information content (AvgIpc) is 2.47. The predicted octanol–water partition coefficient (Wildman–Crippen LogP) is 4.63. The minimum Gasteiger partial charge on any atom is -0.462 e. The van der Waals surface area contributed by atoms with Gasteiger partial charge in [0.2, 0.25) is 0 Å². The van der Waals surface area contributed by atoms with Crippen molar-refractivity contribution in [3.8, 4) is 5.75 Å². The quantitative estimate of drug-likeness (QED) is 0.749. The summed E-state index contributed by atoms with van der Waals surface area (Å²) >= 11 is 0. The Hall–Kier alpha value is -2.35. The topological polar surface area (TPSA) is 26.3 Å². The summed E-state index contributed by atoms with van der Waals surface area (Å²) in [6.45, 7) is 5.65. The molecule has 0 amide bonds. The van der Waals surface area contributed by atoms with Crippen LogP contribution in [-0.4, -0.2) is 5.78 Å². The lowest BCUT2D eigenvalue weighted by molar-refractivity contribution is 0.101. The fourth-order valence-electron chi connectivity index (χ4n) is 2.74. The number of Topliss-reactive ketones (excluding diaryl/α,β-unsaturated/α-hetero) is 1. The maximum Gasteiger partial charge on any atom is 0.159 e. The third-order valence-electron chi connectivity index (χ3n) is 3.85. The van der Waals surface area contributed by atoms with Crippen molar-refractivity contribution in [1.82, 2.24) is 0 Å². The van der Waals surface area contributed by atoms with Crippen molar-refractivity contribution in [2.45, 2.75) is 26.7 Å². The van der Waals surface area contributed by atoms with Crippen LogP contribution in [0.4, 0.5) is 0 Å². The van der Waals surface area contributed by atoms with E-state index in [4.69, 9.17) is 4.74 Å². The van der Waals surface area contributed by atoms with Crippen molar-refractivity contribution in [2.24, 2.45) is 0 Å². The standard InChI is InChI=1S/C19H18O2/c1-12-4-9-19-18(10-12)17(11-13(2)21-19)16-7-5-15(6-8-16)14(3)20/h4-11,17H,1-3H3. The zero-order chi connectivity index (χ0) is 15.0. The summed E-state index contributed by atoms with van der Waals surface area (Å²) in [4.78, 5) is 11.4. The van der Waals surface area contributed by atoms with E-state index in [1.54, 1.807) is 6.92 Å². The minimum absolute atomic E-state index is 0.0940. The van der Waals surface area contributed by atoms with Crippen molar-refractivity contribution in [3.05, 3.63) is 76.6 Å². The largest absolute Gasteiger partial charge is 0.462 e. The van der Waals surface area contributed by atoms with Gasteiger partial charge in [-0.2, -0.15) is 0 Å². The molecule has 0 saturated carbocycles. The SMILES string of the molecule is CC(=O)c1ccc(C2C=C(C)Oc3ccc(C)cc32)cc1. The van der Waals surface area contributed by atoms with Gasteiger partial charge in [-0.1, -0.05) is 42.0 Å². The fraction of sp³-hybridized carbons (Fsp3) is 0.211. The molecule has 0 radical (unpaired) electrons. The fourth-order valence-corrected chi connectivity index (χ4v) is 2.74. The first kappa shape index (κ1) is 13.6. The van der Waals surface area contributed by atoms with Gasteiger partial charge in [0.05, 0.1) is 5.76 Å². The molecule has 0 bridgehead atoms. The Balaban J connectivity index is 2.06. The predicted molar refractivity (Wildman–Crippen MR) is 83.9 cm³/mol. The highest BCUT2D eigenvalue weighted by Gasteiger charge is 2.22. The van der Waals surface area contributed by atoms with E-state index in [1.807, 2.05) is 37.3 Å². The summed E-state index contributed by atoms with van der Waals surface area (Å²) in [6, 6.07) is 14.1. The minimum atomic E-state index is 0.0940. The third kappa shape index (κ3) is 2.62. The summed E-state index contributed by atoms with van der Waals surface area (Å²) in [5.41, 5.74) is 4.32. The van der Waals surface area contributed by atoms with Crippen LogP contribution in [0.25, 0.3) is 0 Å². The molecular weight excluding hydrogens is 260 g/mol. The lowest BCUT2D eigenvalue weighted by Gasteiger charge is -2.24. The Kier molecular flexibility index (Phi) is 3.38. The number of rotatable bonds is 2. The molecule has 2 aromatic rings. The van der Waals surface area contributed by atoms with Gasteiger partial charge in [-0.15, -0.1) is 0 Å². The third-order valence-corrected chi connectivity index (χ3v) is 3.85. The molecule has 0 saturated heterocycles. The first-order chi connectivity index (χ1) is 10.0. The van der Waals surface area contributed by atoms with Gasteiger partial charge in [0, 0.05) is 17.0 Å².